The summed E-state index contributed by atoms with van der Waals surface area (Å²) < 4.78 is 10.2. The quantitative estimate of drug-likeness (QED) is 0.853. The molecule has 15 heavy (non-hydrogen) atoms. The molecular formula is C9H6ClNO4. The molecule has 5 nitrogen and oxygen atoms in total. The number of carboxylic acids is 1. The first-order chi connectivity index (χ1) is 7.08. The van der Waals surface area contributed by atoms with Gasteiger partial charge in [0.25, 0.3) is 5.89 Å². The van der Waals surface area contributed by atoms with Gasteiger partial charge in [-0.3, -0.25) is 0 Å². The molecule has 0 amide bonds. The van der Waals surface area contributed by atoms with Gasteiger partial charge in [0.15, 0.2) is 16.7 Å². The van der Waals surface area contributed by atoms with Gasteiger partial charge in [0, 0.05) is 0 Å². The topological polar surface area (TPSA) is 76.5 Å². The van der Waals surface area contributed by atoms with E-state index in [1.807, 2.05) is 0 Å². The van der Waals surface area contributed by atoms with Gasteiger partial charge in [0.05, 0.1) is 0 Å². The average molecular weight is 228 g/mol. The van der Waals surface area contributed by atoms with Crippen LogP contribution >= 0.6 is 11.6 Å². The Kier molecular flexibility index (Phi) is 2.24. The maximum atomic E-state index is 10.7. The summed E-state index contributed by atoms with van der Waals surface area (Å²) in [6.07, 6.45) is 0. The Hall–Kier alpha value is -1.75. The summed E-state index contributed by atoms with van der Waals surface area (Å²) in [6, 6.07) is 3.08. The molecule has 0 aliphatic carbocycles. The molecule has 0 radical (unpaired) electrons. The molecular weight excluding hydrogens is 222 g/mol. The minimum atomic E-state index is -1.14. The number of furan rings is 1. The zero-order chi connectivity index (χ0) is 11.0. The molecule has 2 aromatic heterocycles. The Labute approximate surface area is 89.3 Å². The molecule has 2 aromatic rings. The predicted molar refractivity (Wildman–Crippen MR) is 50.9 cm³/mol. The number of aryl methyl sites for hydroxylation is 1. The van der Waals surface area contributed by atoms with E-state index in [1.54, 1.807) is 6.07 Å². The summed E-state index contributed by atoms with van der Waals surface area (Å²) >= 11 is 5.57. The maximum Gasteiger partial charge on any atom is 0.358 e. The lowest BCUT2D eigenvalue weighted by Gasteiger charge is -1.85. The smallest absolute Gasteiger partial charge is 0.358 e. The average Bonchev–Trinajstić information content (AvgIpc) is 2.71. The van der Waals surface area contributed by atoms with Crippen LogP contribution in [0.1, 0.15) is 16.2 Å². The fourth-order valence-corrected chi connectivity index (χ4v) is 1.28. The van der Waals surface area contributed by atoms with Gasteiger partial charge in [-0.15, -0.1) is 0 Å². The lowest BCUT2D eigenvalue weighted by atomic mass is 10.4. The van der Waals surface area contributed by atoms with Crippen LogP contribution in [-0.2, 0) is 0 Å². The van der Waals surface area contributed by atoms with Crippen molar-refractivity contribution in [2.24, 2.45) is 0 Å². The monoisotopic (exact) mass is 227 g/mol. The second-order valence-electron chi connectivity index (χ2n) is 2.83. The van der Waals surface area contributed by atoms with E-state index < -0.39 is 5.97 Å². The molecule has 2 rings (SSSR count). The van der Waals surface area contributed by atoms with Crippen LogP contribution in [0.4, 0.5) is 0 Å². The van der Waals surface area contributed by atoms with E-state index in [-0.39, 0.29) is 22.6 Å². The number of aromatic nitrogens is 1. The molecule has 0 atom stereocenters. The molecule has 0 fully saturated rings. The first kappa shape index (κ1) is 9.79. The van der Waals surface area contributed by atoms with Crippen molar-refractivity contribution in [2.75, 3.05) is 0 Å². The fourth-order valence-electron chi connectivity index (χ4n) is 1.13. The summed E-state index contributed by atoms with van der Waals surface area (Å²) in [4.78, 5) is 14.5. The number of halogens is 1. The molecule has 2 heterocycles. The van der Waals surface area contributed by atoms with E-state index >= 15 is 0 Å². The van der Waals surface area contributed by atoms with Gasteiger partial charge >= 0.3 is 5.97 Å². The number of carbonyl (C=O) groups is 1. The summed E-state index contributed by atoms with van der Waals surface area (Å²) in [5.41, 5.74) is -0.127. The zero-order valence-corrected chi connectivity index (χ0v) is 8.41. The summed E-state index contributed by atoms with van der Waals surface area (Å²) in [5, 5.41) is 8.94. The van der Waals surface area contributed by atoms with Gasteiger partial charge in [-0.05, 0) is 30.7 Å². The SMILES string of the molecule is Cc1oc(-c2ccc(Cl)o2)nc1C(=O)O. The molecule has 0 unspecified atom stereocenters. The molecule has 78 valence electrons. The van der Waals surface area contributed by atoms with Gasteiger partial charge in [-0.1, -0.05) is 0 Å². The van der Waals surface area contributed by atoms with Gasteiger partial charge in [0.2, 0.25) is 0 Å². The van der Waals surface area contributed by atoms with E-state index in [0.29, 0.717) is 5.76 Å². The molecule has 0 bridgehead atoms. The predicted octanol–water partition coefficient (Wildman–Crippen LogP) is 2.59. The van der Waals surface area contributed by atoms with Crippen LogP contribution < -0.4 is 0 Å². The normalized spacial score (nSPS) is 10.5. The molecule has 0 aliphatic rings. The minimum Gasteiger partial charge on any atom is -0.476 e. The van der Waals surface area contributed by atoms with Gasteiger partial charge in [-0.25, -0.2) is 4.79 Å². The van der Waals surface area contributed by atoms with Crippen LogP contribution in [0.3, 0.4) is 0 Å². The molecule has 0 spiro atoms. The minimum absolute atomic E-state index is 0.108. The van der Waals surface area contributed by atoms with Crippen molar-refractivity contribution in [3.63, 3.8) is 0 Å². The van der Waals surface area contributed by atoms with Crippen molar-refractivity contribution in [1.29, 1.82) is 0 Å². The highest BCUT2D eigenvalue weighted by Gasteiger charge is 2.18. The Morgan fingerprint density at radius 3 is 2.67 bits per heavy atom. The lowest BCUT2D eigenvalue weighted by Crippen LogP contribution is -1.98. The van der Waals surface area contributed by atoms with Gasteiger partial charge in [0.1, 0.15) is 5.76 Å². The van der Waals surface area contributed by atoms with Crippen molar-refractivity contribution in [3.05, 3.63) is 28.8 Å². The second-order valence-corrected chi connectivity index (χ2v) is 3.21. The molecule has 0 saturated carbocycles. The Morgan fingerprint density at radius 1 is 1.47 bits per heavy atom. The number of nitrogens with zero attached hydrogens (tertiary/aromatic N) is 1. The largest absolute Gasteiger partial charge is 0.476 e. The number of oxazole rings is 1. The third kappa shape index (κ3) is 1.73. The van der Waals surface area contributed by atoms with E-state index in [9.17, 15) is 4.79 Å². The fraction of sp³-hybridized carbons (Fsp3) is 0.111. The molecule has 6 heteroatoms. The lowest BCUT2D eigenvalue weighted by molar-refractivity contribution is 0.0689. The number of hydrogen-bond donors (Lipinski definition) is 1. The number of hydrogen-bond acceptors (Lipinski definition) is 4. The summed E-state index contributed by atoms with van der Waals surface area (Å²) in [6.45, 7) is 1.52. The summed E-state index contributed by atoms with van der Waals surface area (Å²) in [5.74, 6) is -0.502. The first-order valence-electron chi connectivity index (χ1n) is 4.04. The second kappa shape index (κ2) is 3.43. The van der Waals surface area contributed by atoms with Crippen LogP contribution in [0.5, 0.6) is 0 Å². The van der Waals surface area contributed by atoms with Crippen LogP contribution in [0, 0.1) is 6.92 Å². The molecule has 0 saturated heterocycles. The molecule has 0 aliphatic heterocycles. The van der Waals surface area contributed by atoms with Crippen molar-refractivity contribution in [2.45, 2.75) is 6.92 Å². The first-order valence-corrected chi connectivity index (χ1v) is 4.42. The highest BCUT2D eigenvalue weighted by Crippen LogP contribution is 2.25. The third-order valence-electron chi connectivity index (χ3n) is 1.78. The van der Waals surface area contributed by atoms with Crippen molar-refractivity contribution < 1.29 is 18.7 Å². The van der Waals surface area contributed by atoms with Crippen molar-refractivity contribution in [3.8, 4) is 11.7 Å². The van der Waals surface area contributed by atoms with Crippen LogP contribution in [0.15, 0.2) is 21.0 Å². The van der Waals surface area contributed by atoms with E-state index in [2.05, 4.69) is 4.98 Å². The van der Waals surface area contributed by atoms with Crippen LogP contribution in [-0.4, -0.2) is 16.1 Å². The van der Waals surface area contributed by atoms with Crippen LogP contribution in [0.25, 0.3) is 11.7 Å². The highest BCUT2D eigenvalue weighted by atomic mass is 35.5. The highest BCUT2D eigenvalue weighted by molar-refractivity contribution is 6.28. The third-order valence-corrected chi connectivity index (χ3v) is 1.99. The standard InChI is InChI=1S/C9H6ClNO4/c1-4-7(9(12)13)11-8(14-4)5-2-3-6(10)15-5/h2-3H,1H3,(H,12,13). The number of rotatable bonds is 2. The van der Waals surface area contributed by atoms with Crippen molar-refractivity contribution >= 4 is 17.6 Å². The van der Waals surface area contributed by atoms with Gasteiger partial charge in [-0.2, -0.15) is 4.98 Å². The van der Waals surface area contributed by atoms with Crippen molar-refractivity contribution in [1.82, 2.24) is 4.98 Å². The molecule has 1 N–H and O–H groups in total. The number of aromatic carboxylic acids is 1. The summed E-state index contributed by atoms with van der Waals surface area (Å²) in [7, 11) is 0. The zero-order valence-electron chi connectivity index (χ0n) is 7.65. The van der Waals surface area contributed by atoms with E-state index in [1.165, 1.54) is 13.0 Å². The Bertz CT molecular complexity index is 514. The van der Waals surface area contributed by atoms with Crippen LogP contribution in [0.2, 0.25) is 5.22 Å². The van der Waals surface area contributed by atoms with Gasteiger partial charge < -0.3 is 13.9 Å². The molecule has 0 aromatic carbocycles. The maximum absolute atomic E-state index is 10.7. The number of carboxylic acid groups (broad SMARTS) is 1. The van der Waals surface area contributed by atoms with E-state index in [0.717, 1.165) is 0 Å². The van der Waals surface area contributed by atoms with E-state index in [4.69, 9.17) is 25.5 Å². The Morgan fingerprint density at radius 2 is 2.20 bits per heavy atom. The Balaban J connectivity index is 2.46.